The maximum absolute atomic E-state index is 10.6. The Balaban J connectivity index is 3.72. The van der Waals surface area contributed by atoms with Crippen molar-refractivity contribution >= 4 is 5.91 Å². The van der Waals surface area contributed by atoms with Crippen LogP contribution in [-0.4, -0.2) is 43.0 Å². The van der Waals surface area contributed by atoms with Crippen LogP contribution in [-0.2, 0) is 4.79 Å². The standard InChI is InChI=1S/C10H20N4O/c1-3-14(4-2)6-5-13-9(8-11)7-10(12)15/h9,13H,3-7H2,1-2H3,(H2,12,15). The molecule has 0 spiro atoms. The van der Waals surface area contributed by atoms with Gasteiger partial charge in [0, 0.05) is 13.1 Å². The van der Waals surface area contributed by atoms with Gasteiger partial charge in [-0.1, -0.05) is 13.8 Å². The molecule has 1 unspecified atom stereocenters. The number of nitrogens with zero attached hydrogens (tertiary/aromatic N) is 2. The Labute approximate surface area is 91.2 Å². The Bertz CT molecular complexity index is 220. The number of likely N-dealkylation sites (N-methyl/N-ethyl adjacent to an activating group) is 1. The lowest BCUT2D eigenvalue weighted by Gasteiger charge is -2.19. The molecule has 0 aromatic heterocycles. The second-order valence-corrected chi connectivity index (χ2v) is 3.33. The van der Waals surface area contributed by atoms with Crippen molar-refractivity contribution in [2.75, 3.05) is 26.2 Å². The first-order valence-electron chi connectivity index (χ1n) is 5.27. The van der Waals surface area contributed by atoms with Gasteiger partial charge in [0.05, 0.1) is 12.5 Å². The lowest BCUT2D eigenvalue weighted by molar-refractivity contribution is -0.118. The largest absolute Gasteiger partial charge is 0.370 e. The molecule has 0 bridgehead atoms. The van der Waals surface area contributed by atoms with Crippen LogP contribution in [0.25, 0.3) is 0 Å². The van der Waals surface area contributed by atoms with Gasteiger partial charge in [-0.05, 0) is 13.1 Å². The van der Waals surface area contributed by atoms with Crippen LogP contribution in [0.3, 0.4) is 0 Å². The Morgan fingerprint density at radius 3 is 2.53 bits per heavy atom. The fourth-order valence-corrected chi connectivity index (χ4v) is 1.30. The van der Waals surface area contributed by atoms with Crippen LogP contribution in [0.2, 0.25) is 0 Å². The van der Waals surface area contributed by atoms with E-state index in [0.29, 0.717) is 6.54 Å². The second kappa shape index (κ2) is 8.21. The van der Waals surface area contributed by atoms with Gasteiger partial charge in [0.1, 0.15) is 6.04 Å². The summed E-state index contributed by atoms with van der Waals surface area (Å²) in [6.45, 7) is 7.75. The maximum atomic E-state index is 10.6. The number of amides is 1. The molecular formula is C10H20N4O. The van der Waals surface area contributed by atoms with Gasteiger partial charge in [0.25, 0.3) is 0 Å². The highest BCUT2D eigenvalue weighted by atomic mass is 16.1. The number of hydrogen-bond acceptors (Lipinski definition) is 4. The van der Waals surface area contributed by atoms with Crippen LogP contribution in [0, 0.1) is 11.3 Å². The fraction of sp³-hybridized carbons (Fsp3) is 0.800. The van der Waals surface area contributed by atoms with Crippen molar-refractivity contribution in [2.45, 2.75) is 26.3 Å². The van der Waals surface area contributed by atoms with E-state index < -0.39 is 11.9 Å². The van der Waals surface area contributed by atoms with Crippen molar-refractivity contribution in [3.05, 3.63) is 0 Å². The molecule has 1 amide bonds. The Morgan fingerprint density at radius 1 is 1.53 bits per heavy atom. The van der Waals surface area contributed by atoms with Gasteiger partial charge in [0.2, 0.25) is 5.91 Å². The molecule has 0 aliphatic rings. The van der Waals surface area contributed by atoms with Crippen molar-refractivity contribution in [1.29, 1.82) is 5.26 Å². The topological polar surface area (TPSA) is 82.2 Å². The molecule has 0 heterocycles. The summed E-state index contributed by atoms with van der Waals surface area (Å²) in [5.41, 5.74) is 5.01. The molecule has 3 N–H and O–H groups in total. The molecule has 0 aromatic carbocycles. The van der Waals surface area contributed by atoms with Crippen molar-refractivity contribution in [3.63, 3.8) is 0 Å². The summed E-state index contributed by atoms with van der Waals surface area (Å²) < 4.78 is 0. The molecule has 0 saturated carbocycles. The zero-order valence-electron chi connectivity index (χ0n) is 9.49. The monoisotopic (exact) mass is 212 g/mol. The van der Waals surface area contributed by atoms with Gasteiger partial charge < -0.3 is 16.0 Å². The summed E-state index contributed by atoms with van der Waals surface area (Å²) in [5.74, 6) is -0.447. The molecule has 0 aromatic rings. The van der Waals surface area contributed by atoms with Crippen LogP contribution in [0.1, 0.15) is 20.3 Å². The number of hydrogen-bond donors (Lipinski definition) is 2. The quantitative estimate of drug-likeness (QED) is 0.578. The highest BCUT2D eigenvalue weighted by Crippen LogP contribution is 1.90. The van der Waals surface area contributed by atoms with E-state index in [4.69, 9.17) is 11.0 Å². The fourth-order valence-electron chi connectivity index (χ4n) is 1.30. The molecule has 0 aliphatic heterocycles. The molecule has 0 rings (SSSR count). The Kier molecular flexibility index (Phi) is 7.60. The average Bonchev–Trinajstić information content (AvgIpc) is 2.22. The van der Waals surface area contributed by atoms with Crippen molar-refractivity contribution < 1.29 is 4.79 Å². The molecule has 0 aliphatic carbocycles. The zero-order valence-corrected chi connectivity index (χ0v) is 9.49. The Morgan fingerprint density at radius 2 is 2.13 bits per heavy atom. The molecule has 5 nitrogen and oxygen atoms in total. The van der Waals surface area contributed by atoms with E-state index in [9.17, 15) is 4.79 Å². The van der Waals surface area contributed by atoms with Crippen LogP contribution in [0.5, 0.6) is 0 Å². The normalized spacial score (nSPS) is 12.4. The van der Waals surface area contributed by atoms with E-state index >= 15 is 0 Å². The predicted molar refractivity (Wildman–Crippen MR) is 59.0 cm³/mol. The van der Waals surface area contributed by atoms with Gasteiger partial charge in [-0.15, -0.1) is 0 Å². The Hall–Kier alpha value is -1.12. The molecule has 5 heteroatoms. The second-order valence-electron chi connectivity index (χ2n) is 3.33. The lowest BCUT2D eigenvalue weighted by Crippen LogP contribution is -2.38. The summed E-state index contributed by atoms with van der Waals surface area (Å²) in [7, 11) is 0. The molecule has 0 saturated heterocycles. The molecule has 0 fully saturated rings. The van der Waals surface area contributed by atoms with Gasteiger partial charge in [0.15, 0.2) is 0 Å². The number of primary amides is 1. The van der Waals surface area contributed by atoms with Crippen LogP contribution in [0.4, 0.5) is 0 Å². The number of nitrogens with one attached hydrogen (secondary N) is 1. The van der Waals surface area contributed by atoms with Crippen LogP contribution in [0.15, 0.2) is 0 Å². The number of carbonyl (C=O) groups excluding carboxylic acids is 1. The number of nitriles is 1. The number of carbonyl (C=O) groups is 1. The molecular weight excluding hydrogens is 192 g/mol. The van der Waals surface area contributed by atoms with Gasteiger partial charge >= 0.3 is 0 Å². The van der Waals surface area contributed by atoms with Crippen LogP contribution >= 0.6 is 0 Å². The first kappa shape index (κ1) is 13.9. The van der Waals surface area contributed by atoms with E-state index in [0.717, 1.165) is 19.6 Å². The third-order valence-corrected chi connectivity index (χ3v) is 2.27. The van der Waals surface area contributed by atoms with E-state index in [1.807, 2.05) is 6.07 Å². The maximum Gasteiger partial charge on any atom is 0.220 e. The first-order valence-corrected chi connectivity index (χ1v) is 5.27. The van der Waals surface area contributed by atoms with E-state index in [1.54, 1.807) is 0 Å². The first-order chi connectivity index (χ1) is 7.13. The van der Waals surface area contributed by atoms with Gasteiger partial charge in [-0.25, -0.2) is 0 Å². The summed E-state index contributed by atoms with van der Waals surface area (Å²) in [4.78, 5) is 12.8. The van der Waals surface area contributed by atoms with Gasteiger partial charge in [-0.3, -0.25) is 4.79 Å². The number of nitrogens with two attached hydrogens (primary N) is 1. The SMILES string of the molecule is CCN(CC)CCNC(C#N)CC(N)=O. The van der Waals surface area contributed by atoms with Crippen molar-refractivity contribution in [2.24, 2.45) is 5.73 Å². The van der Waals surface area contributed by atoms with E-state index in [-0.39, 0.29) is 6.42 Å². The van der Waals surface area contributed by atoms with Crippen molar-refractivity contribution in [1.82, 2.24) is 10.2 Å². The summed E-state index contributed by atoms with van der Waals surface area (Å²) in [6.07, 6.45) is 0.0781. The van der Waals surface area contributed by atoms with Crippen molar-refractivity contribution in [3.8, 4) is 6.07 Å². The molecule has 86 valence electrons. The third-order valence-electron chi connectivity index (χ3n) is 2.27. The molecule has 0 radical (unpaired) electrons. The minimum atomic E-state index is -0.460. The highest BCUT2D eigenvalue weighted by molar-refractivity contribution is 5.74. The van der Waals surface area contributed by atoms with E-state index in [2.05, 4.69) is 24.1 Å². The average molecular weight is 212 g/mol. The van der Waals surface area contributed by atoms with Gasteiger partial charge in [-0.2, -0.15) is 5.26 Å². The minimum absolute atomic E-state index is 0.0781. The summed E-state index contributed by atoms with van der Waals surface area (Å²) >= 11 is 0. The predicted octanol–water partition coefficient (Wildman–Crippen LogP) is -0.315. The zero-order chi connectivity index (χ0) is 11.7. The minimum Gasteiger partial charge on any atom is -0.370 e. The smallest absolute Gasteiger partial charge is 0.220 e. The summed E-state index contributed by atoms with van der Waals surface area (Å²) in [5, 5.41) is 11.7. The highest BCUT2D eigenvalue weighted by Gasteiger charge is 2.09. The van der Waals surface area contributed by atoms with E-state index in [1.165, 1.54) is 0 Å². The number of rotatable bonds is 8. The lowest BCUT2D eigenvalue weighted by atomic mass is 10.2. The third kappa shape index (κ3) is 6.89. The molecule has 15 heavy (non-hydrogen) atoms. The summed E-state index contributed by atoms with van der Waals surface area (Å²) in [6, 6.07) is 1.55. The van der Waals surface area contributed by atoms with Crippen LogP contribution < -0.4 is 11.1 Å². The molecule has 1 atom stereocenters.